The van der Waals surface area contributed by atoms with Gasteiger partial charge in [0.25, 0.3) is 0 Å². The van der Waals surface area contributed by atoms with E-state index in [1.165, 1.54) is 0 Å². The first kappa shape index (κ1) is 15.8. The fraction of sp³-hybridized carbons (Fsp3) is 0.571. The Bertz CT molecular complexity index is 581. The zero-order chi connectivity index (χ0) is 14.8. The van der Waals surface area contributed by atoms with Gasteiger partial charge in [-0.3, -0.25) is 0 Å². The van der Waals surface area contributed by atoms with Gasteiger partial charge in [0.05, 0.1) is 4.90 Å². The predicted octanol–water partition coefficient (Wildman–Crippen LogP) is 2.67. The van der Waals surface area contributed by atoms with Crippen molar-refractivity contribution >= 4 is 21.6 Å². The Balaban J connectivity index is 2.27. The summed E-state index contributed by atoms with van der Waals surface area (Å²) in [6.45, 7) is 2.52. The minimum absolute atomic E-state index is 0.278. The van der Waals surface area contributed by atoms with E-state index in [0.717, 1.165) is 31.2 Å². The van der Waals surface area contributed by atoms with Crippen LogP contribution in [0.3, 0.4) is 0 Å². The topological polar surface area (TPSA) is 58.2 Å². The molecule has 1 aromatic rings. The summed E-state index contributed by atoms with van der Waals surface area (Å²) in [5.74, 6) is 0. The van der Waals surface area contributed by atoms with Crippen LogP contribution in [0.4, 0.5) is 0 Å². The van der Waals surface area contributed by atoms with Crippen molar-refractivity contribution in [2.45, 2.75) is 49.6 Å². The Morgan fingerprint density at radius 3 is 2.55 bits per heavy atom. The summed E-state index contributed by atoms with van der Waals surface area (Å²) >= 11 is 6.07. The molecule has 0 bridgehead atoms. The van der Waals surface area contributed by atoms with Gasteiger partial charge in [-0.25, -0.2) is 13.1 Å². The van der Waals surface area contributed by atoms with Gasteiger partial charge < -0.3 is 5.32 Å². The molecule has 0 amide bonds. The third-order valence-electron chi connectivity index (χ3n) is 3.78. The van der Waals surface area contributed by atoms with E-state index < -0.39 is 10.0 Å². The molecule has 0 spiro atoms. The van der Waals surface area contributed by atoms with E-state index in [-0.39, 0.29) is 10.4 Å². The van der Waals surface area contributed by atoms with Crippen LogP contribution < -0.4 is 10.0 Å². The van der Waals surface area contributed by atoms with Gasteiger partial charge in [-0.15, -0.1) is 0 Å². The molecule has 0 heterocycles. The van der Waals surface area contributed by atoms with Crippen LogP contribution in [0.25, 0.3) is 0 Å². The monoisotopic (exact) mass is 316 g/mol. The molecule has 1 aromatic carbocycles. The Morgan fingerprint density at radius 1 is 1.30 bits per heavy atom. The van der Waals surface area contributed by atoms with Crippen molar-refractivity contribution in [1.82, 2.24) is 10.0 Å². The van der Waals surface area contributed by atoms with Crippen LogP contribution in [0.15, 0.2) is 23.1 Å². The number of nitrogens with one attached hydrogen (secondary N) is 2. The molecule has 4 nitrogen and oxygen atoms in total. The maximum atomic E-state index is 12.5. The largest absolute Gasteiger partial charge is 0.316 e. The number of benzene rings is 1. The molecular weight excluding hydrogens is 296 g/mol. The van der Waals surface area contributed by atoms with Crippen molar-refractivity contribution in [3.63, 3.8) is 0 Å². The van der Waals surface area contributed by atoms with Crippen molar-refractivity contribution < 1.29 is 8.42 Å². The van der Waals surface area contributed by atoms with E-state index in [4.69, 9.17) is 11.6 Å². The Kier molecular flexibility index (Phi) is 4.74. The highest BCUT2D eigenvalue weighted by Crippen LogP contribution is 2.31. The third kappa shape index (κ3) is 3.52. The Morgan fingerprint density at radius 2 is 1.95 bits per heavy atom. The molecule has 20 heavy (non-hydrogen) atoms. The molecule has 0 aliphatic heterocycles. The van der Waals surface area contributed by atoms with Crippen LogP contribution in [-0.2, 0) is 16.6 Å². The van der Waals surface area contributed by atoms with Gasteiger partial charge in [0.15, 0.2) is 0 Å². The molecule has 112 valence electrons. The lowest BCUT2D eigenvalue weighted by Crippen LogP contribution is -2.43. The summed E-state index contributed by atoms with van der Waals surface area (Å²) in [6.07, 6.45) is 3.93. The second-order valence-corrected chi connectivity index (χ2v) is 7.75. The summed E-state index contributed by atoms with van der Waals surface area (Å²) in [6, 6.07) is 4.83. The van der Waals surface area contributed by atoms with Gasteiger partial charge in [0.2, 0.25) is 10.0 Å². The Hall–Kier alpha value is -0.620. The van der Waals surface area contributed by atoms with Crippen LogP contribution in [-0.4, -0.2) is 21.0 Å². The molecule has 0 radical (unpaired) electrons. The third-order valence-corrected chi connectivity index (χ3v) is 5.79. The minimum Gasteiger partial charge on any atom is -0.316 e. The summed E-state index contributed by atoms with van der Waals surface area (Å²) in [4.78, 5) is 0.278. The fourth-order valence-electron chi connectivity index (χ4n) is 2.68. The molecule has 2 rings (SSSR count). The van der Waals surface area contributed by atoms with Gasteiger partial charge in [-0.1, -0.05) is 24.4 Å². The van der Waals surface area contributed by atoms with Crippen LogP contribution in [0.1, 0.15) is 38.2 Å². The standard InChI is InChI=1S/C14H21ClN2O2S/c1-14(7-3-4-8-14)17-20(18,19)12-5-6-13(15)11(9-12)10-16-2/h5-6,9,16-17H,3-4,7-8,10H2,1-2H3. The molecule has 0 unspecified atom stereocenters. The van der Waals surface area contributed by atoms with Crippen LogP contribution in [0.5, 0.6) is 0 Å². The van der Waals surface area contributed by atoms with E-state index in [1.807, 2.05) is 6.92 Å². The van der Waals surface area contributed by atoms with Crippen molar-refractivity contribution in [1.29, 1.82) is 0 Å². The molecule has 2 N–H and O–H groups in total. The summed E-state index contributed by atoms with van der Waals surface area (Å²) in [5.41, 5.74) is 0.468. The number of rotatable bonds is 5. The first-order valence-electron chi connectivity index (χ1n) is 6.83. The molecule has 1 saturated carbocycles. The van der Waals surface area contributed by atoms with Crippen molar-refractivity contribution in [2.75, 3.05) is 7.05 Å². The minimum atomic E-state index is -3.50. The van der Waals surface area contributed by atoms with Crippen molar-refractivity contribution in [3.05, 3.63) is 28.8 Å². The molecule has 1 aliphatic carbocycles. The fourth-order valence-corrected chi connectivity index (χ4v) is 4.38. The second-order valence-electron chi connectivity index (χ2n) is 5.66. The highest BCUT2D eigenvalue weighted by Gasteiger charge is 2.33. The summed E-state index contributed by atoms with van der Waals surface area (Å²) < 4.78 is 27.8. The highest BCUT2D eigenvalue weighted by molar-refractivity contribution is 7.89. The number of hydrogen-bond acceptors (Lipinski definition) is 3. The predicted molar refractivity (Wildman–Crippen MR) is 81.4 cm³/mol. The van der Waals surface area contributed by atoms with E-state index in [0.29, 0.717) is 11.6 Å². The average Bonchev–Trinajstić information content (AvgIpc) is 2.77. The SMILES string of the molecule is CNCc1cc(S(=O)(=O)NC2(C)CCCC2)ccc1Cl. The average molecular weight is 317 g/mol. The Labute approximate surface area is 126 Å². The maximum Gasteiger partial charge on any atom is 0.241 e. The zero-order valence-corrected chi connectivity index (χ0v) is 13.4. The van der Waals surface area contributed by atoms with Crippen molar-refractivity contribution in [3.8, 4) is 0 Å². The van der Waals surface area contributed by atoms with Gasteiger partial charge >= 0.3 is 0 Å². The molecule has 0 aromatic heterocycles. The lowest BCUT2D eigenvalue weighted by molar-refractivity contribution is 0.427. The molecule has 1 aliphatic rings. The lowest BCUT2D eigenvalue weighted by atomic mass is 10.0. The quantitative estimate of drug-likeness (QED) is 0.878. The first-order valence-corrected chi connectivity index (χ1v) is 8.69. The molecule has 6 heteroatoms. The number of halogens is 1. The van der Waals surface area contributed by atoms with Gasteiger partial charge in [-0.2, -0.15) is 0 Å². The van der Waals surface area contributed by atoms with E-state index >= 15 is 0 Å². The highest BCUT2D eigenvalue weighted by atomic mass is 35.5. The number of sulfonamides is 1. The second kappa shape index (κ2) is 6.02. The first-order chi connectivity index (χ1) is 9.36. The zero-order valence-electron chi connectivity index (χ0n) is 11.9. The van der Waals surface area contributed by atoms with Crippen LogP contribution >= 0.6 is 11.6 Å². The van der Waals surface area contributed by atoms with E-state index in [2.05, 4.69) is 10.0 Å². The maximum absolute atomic E-state index is 12.5. The van der Waals surface area contributed by atoms with Crippen LogP contribution in [0.2, 0.25) is 5.02 Å². The van der Waals surface area contributed by atoms with Gasteiger partial charge in [-0.05, 0) is 50.6 Å². The molecule has 0 saturated heterocycles. The van der Waals surface area contributed by atoms with Crippen molar-refractivity contribution in [2.24, 2.45) is 0 Å². The van der Waals surface area contributed by atoms with Gasteiger partial charge in [0, 0.05) is 17.1 Å². The summed E-state index contributed by atoms with van der Waals surface area (Å²) in [7, 11) is -1.70. The smallest absolute Gasteiger partial charge is 0.241 e. The molecule has 0 atom stereocenters. The normalized spacial score (nSPS) is 18.4. The van der Waals surface area contributed by atoms with E-state index in [1.54, 1.807) is 25.2 Å². The summed E-state index contributed by atoms with van der Waals surface area (Å²) in [5, 5.41) is 3.56. The van der Waals surface area contributed by atoms with Crippen LogP contribution in [0, 0.1) is 0 Å². The molecule has 1 fully saturated rings. The van der Waals surface area contributed by atoms with E-state index in [9.17, 15) is 8.42 Å². The number of hydrogen-bond donors (Lipinski definition) is 2. The molecular formula is C14H21ClN2O2S. The van der Waals surface area contributed by atoms with Gasteiger partial charge in [0.1, 0.15) is 0 Å². The lowest BCUT2D eigenvalue weighted by Gasteiger charge is -2.25.